The summed E-state index contributed by atoms with van der Waals surface area (Å²) in [5.74, 6) is 0.718. The molecule has 2 aliphatic rings. The zero-order valence-corrected chi connectivity index (χ0v) is 8.45. The first-order chi connectivity index (χ1) is 6.29. The van der Waals surface area contributed by atoms with Gasteiger partial charge in [-0.25, -0.2) is 0 Å². The smallest absolute Gasteiger partial charge is 0.0229 e. The van der Waals surface area contributed by atoms with Gasteiger partial charge in [-0.15, -0.1) is 0 Å². The van der Waals surface area contributed by atoms with E-state index in [1.165, 1.54) is 25.9 Å². The Kier molecular flexibility index (Phi) is 2.70. The van der Waals surface area contributed by atoms with Crippen molar-refractivity contribution in [3.8, 4) is 0 Å². The van der Waals surface area contributed by atoms with Crippen LogP contribution in [0.5, 0.6) is 0 Å². The molecule has 1 fully saturated rings. The van der Waals surface area contributed by atoms with Gasteiger partial charge in [0.05, 0.1) is 0 Å². The Morgan fingerprint density at radius 1 is 1.38 bits per heavy atom. The first kappa shape index (κ1) is 9.22. The van der Waals surface area contributed by atoms with Crippen LogP contribution in [0.15, 0.2) is 12.2 Å². The van der Waals surface area contributed by atoms with Crippen LogP contribution in [0.2, 0.25) is 0 Å². The van der Waals surface area contributed by atoms with Crippen LogP contribution in [0.25, 0.3) is 0 Å². The number of hydrogen-bond acceptors (Lipinski definition) is 2. The van der Waals surface area contributed by atoms with Crippen LogP contribution in [0.4, 0.5) is 0 Å². The first-order valence-electron chi connectivity index (χ1n) is 5.47. The summed E-state index contributed by atoms with van der Waals surface area (Å²) in [4.78, 5) is 2.60. The average Bonchev–Trinajstić information content (AvgIpc) is 2.87. The summed E-state index contributed by atoms with van der Waals surface area (Å²) in [6.45, 7) is 4.69. The van der Waals surface area contributed by atoms with Gasteiger partial charge in [-0.1, -0.05) is 19.1 Å². The number of hydrogen-bond donors (Lipinski definition) is 1. The van der Waals surface area contributed by atoms with Crippen LogP contribution in [0.3, 0.4) is 0 Å². The van der Waals surface area contributed by atoms with Crippen LogP contribution in [0.1, 0.15) is 26.2 Å². The van der Waals surface area contributed by atoms with Gasteiger partial charge in [0.15, 0.2) is 0 Å². The van der Waals surface area contributed by atoms with Crippen LogP contribution in [0, 0.1) is 5.92 Å². The molecule has 0 heterocycles. The van der Waals surface area contributed by atoms with Crippen molar-refractivity contribution in [2.45, 2.75) is 38.3 Å². The van der Waals surface area contributed by atoms with Gasteiger partial charge < -0.3 is 10.6 Å². The van der Waals surface area contributed by atoms with E-state index < -0.39 is 0 Å². The van der Waals surface area contributed by atoms with E-state index >= 15 is 0 Å². The van der Waals surface area contributed by atoms with Crippen LogP contribution < -0.4 is 5.73 Å². The van der Waals surface area contributed by atoms with Gasteiger partial charge in [-0.2, -0.15) is 0 Å². The molecule has 0 radical (unpaired) electrons. The molecule has 0 aromatic carbocycles. The zero-order chi connectivity index (χ0) is 9.26. The molecule has 74 valence electrons. The van der Waals surface area contributed by atoms with Crippen molar-refractivity contribution in [2.24, 2.45) is 11.7 Å². The summed E-state index contributed by atoms with van der Waals surface area (Å²) in [5.41, 5.74) is 5.83. The molecule has 0 aromatic rings. The number of nitrogens with two attached hydrogens (primary N) is 1. The van der Waals surface area contributed by atoms with Gasteiger partial charge in [0.2, 0.25) is 0 Å². The van der Waals surface area contributed by atoms with Gasteiger partial charge in [0, 0.05) is 18.6 Å². The lowest BCUT2D eigenvalue weighted by molar-refractivity contribution is 0.247. The third-order valence-corrected chi connectivity index (χ3v) is 3.14. The summed E-state index contributed by atoms with van der Waals surface area (Å²) in [6, 6.07) is 1.22. The average molecular weight is 180 g/mol. The molecule has 0 amide bonds. The maximum atomic E-state index is 5.83. The lowest BCUT2D eigenvalue weighted by Gasteiger charge is -2.23. The molecule has 0 saturated heterocycles. The Bertz CT molecular complexity index is 196. The van der Waals surface area contributed by atoms with E-state index in [1.54, 1.807) is 0 Å². The molecule has 13 heavy (non-hydrogen) atoms. The molecule has 0 aliphatic heterocycles. The molecule has 2 aliphatic carbocycles. The van der Waals surface area contributed by atoms with Crippen LogP contribution in [-0.2, 0) is 0 Å². The highest BCUT2D eigenvalue weighted by molar-refractivity contribution is 5.05. The van der Waals surface area contributed by atoms with Gasteiger partial charge in [0.25, 0.3) is 0 Å². The first-order valence-corrected chi connectivity index (χ1v) is 5.47. The largest absolute Gasteiger partial charge is 0.324 e. The third-order valence-electron chi connectivity index (χ3n) is 3.14. The number of rotatable bonds is 4. The second-order valence-corrected chi connectivity index (χ2v) is 4.36. The van der Waals surface area contributed by atoms with Gasteiger partial charge >= 0.3 is 0 Å². The van der Waals surface area contributed by atoms with Crippen molar-refractivity contribution in [1.29, 1.82) is 0 Å². The lowest BCUT2D eigenvalue weighted by Crippen LogP contribution is -2.31. The van der Waals surface area contributed by atoms with E-state index in [2.05, 4.69) is 24.0 Å². The van der Waals surface area contributed by atoms with Crippen LogP contribution >= 0.6 is 0 Å². The Labute approximate surface area is 80.8 Å². The highest BCUT2D eigenvalue weighted by Gasteiger charge is 2.29. The van der Waals surface area contributed by atoms with Crippen molar-refractivity contribution in [2.75, 3.05) is 13.1 Å². The molecule has 2 atom stereocenters. The maximum Gasteiger partial charge on any atom is 0.0229 e. The van der Waals surface area contributed by atoms with E-state index in [4.69, 9.17) is 5.73 Å². The van der Waals surface area contributed by atoms with Crippen molar-refractivity contribution in [3.63, 3.8) is 0 Å². The molecule has 2 N–H and O–H groups in total. The molecule has 0 bridgehead atoms. The number of nitrogens with zero attached hydrogens (tertiary/aromatic N) is 1. The monoisotopic (exact) mass is 180 g/mol. The van der Waals surface area contributed by atoms with Gasteiger partial charge in [-0.05, 0) is 31.7 Å². The van der Waals surface area contributed by atoms with E-state index in [-0.39, 0.29) is 0 Å². The minimum atomic E-state index is 0.322. The second-order valence-electron chi connectivity index (χ2n) is 4.36. The van der Waals surface area contributed by atoms with E-state index in [9.17, 15) is 0 Å². The van der Waals surface area contributed by atoms with Crippen molar-refractivity contribution >= 4 is 0 Å². The Morgan fingerprint density at radius 2 is 2.15 bits per heavy atom. The quantitative estimate of drug-likeness (QED) is 0.662. The molecule has 2 rings (SSSR count). The highest BCUT2D eigenvalue weighted by Crippen LogP contribution is 2.28. The summed E-state index contributed by atoms with van der Waals surface area (Å²) >= 11 is 0. The molecule has 2 heteroatoms. The normalized spacial score (nSPS) is 33.2. The minimum Gasteiger partial charge on any atom is -0.324 e. The van der Waals surface area contributed by atoms with E-state index in [0.29, 0.717) is 6.04 Å². The fraction of sp³-hybridized carbons (Fsp3) is 0.818. The fourth-order valence-corrected chi connectivity index (χ4v) is 2.22. The minimum absolute atomic E-state index is 0.322. The molecule has 0 aromatic heterocycles. The van der Waals surface area contributed by atoms with Gasteiger partial charge in [0.1, 0.15) is 0 Å². The van der Waals surface area contributed by atoms with Crippen molar-refractivity contribution in [3.05, 3.63) is 12.2 Å². The van der Waals surface area contributed by atoms with E-state index in [1.807, 2.05) is 0 Å². The maximum absolute atomic E-state index is 5.83. The van der Waals surface area contributed by atoms with Crippen molar-refractivity contribution < 1.29 is 0 Å². The highest BCUT2D eigenvalue weighted by atomic mass is 15.2. The molecule has 0 spiro atoms. The fourth-order valence-electron chi connectivity index (χ4n) is 2.22. The summed E-state index contributed by atoms with van der Waals surface area (Å²) in [5, 5.41) is 0. The zero-order valence-electron chi connectivity index (χ0n) is 8.45. The Hall–Kier alpha value is -0.340. The topological polar surface area (TPSA) is 29.3 Å². The van der Waals surface area contributed by atoms with E-state index in [0.717, 1.165) is 18.4 Å². The Balaban J connectivity index is 1.79. The molecule has 2 nitrogen and oxygen atoms in total. The van der Waals surface area contributed by atoms with Crippen LogP contribution in [-0.4, -0.2) is 30.1 Å². The molecular formula is C11H20N2. The van der Waals surface area contributed by atoms with Gasteiger partial charge in [-0.3, -0.25) is 0 Å². The standard InChI is InChI=1S/C11H20N2/c1-2-13(11-5-6-11)8-9-3-4-10(12)7-9/h3-4,9-11H,2,5-8,12H2,1H3. The molecular weight excluding hydrogens is 160 g/mol. The Morgan fingerprint density at radius 3 is 2.62 bits per heavy atom. The van der Waals surface area contributed by atoms with Crippen molar-refractivity contribution in [1.82, 2.24) is 4.90 Å². The summed E-state index contributed by atoms with van der Waals surface area (Å²) in [7, 11) is 0. The molecule has 2 unspecified atom stereocenters. The second kappa shape index (κ2) is 3.81. The summed E-state index contributed by atoms with van der Waals surface area (Å²) in [6.07, 6.45) is 8.44. The SMILES string of the molecule is CCN(CC1C=CC(N)C1)C1CC1. The summed E-state index contributed by atoms with van der Waals surface area (Å²) < 4.78 is 0. The molecule has 1 saturated carbocycles. The predicted octanol–water partition coefficient (Wildman–Crippen LogP) is 1.37. The third kappa shape index (κ3) is 2.32. The predicted molar refractivity (Wildman–Crippen MR) is 55.5 cm³/mol. The lowest BCUT2D eigenvalue weighted by atomic mass is 10.1.